The second-order valence-electron chi connectivity index (χ2n) is 15.2. The van der Waals surface area contributed by atoms with Crippen LogP contribution in [0.25, 0.3) is 0 Å². The number of carboxylic acid groups (broad SMARTS) is 1. The van der Waals surface area contributed by atoms with E-state index in [-0.39, 0.29) is 13.0 Å². The first kappa shape index (κ1) is 52.7. The van der Waals surface area contributed by atoms with Gasteiger partial charge in [-0.05, 0) is 38.5 Å². The maximum atomic E-state index is 12.6. The van der Waals surface area contributed by atoms with Crippen LogP contribution in [0.5, 0.6) is 0 Å². The molecule has 0 fully saturated rings. The number of carbonyl (C=O) groups excluding carboxylic acids is 1. The largest absolute Gasteiger partial charge is 0.480 e. The van der Waals surface area contributed by atoms with Crippen LogP contribution in [0.15, 0.2) is 12.2 Å². The molecule has 0 saturated carbocycles. The van der Waals surface area contributed by atoms with Crippen molar-refractivity contribution in [3.63, 3.8) is 0 Å². The molecule has 54 heavy (non-hydrogen) atoms. The molecule has 0 aromatic carbocycles. The smallest absolute Gasteiger partial charge is 0.472 e. The van der Waals surface area contributed by atoms with Crippen LogP contribution in [-0.2, 0) is 32.7 Å². The summed E-state index contributed by atoms with van der Waals surface area (Å²) in [6, 6.07) is -1.47. The van der Waals surface area contributed by atoms with Crippen molar-refractivity contribution in [3.8, 4) is 0 Å². The molecule has 0 heterocycles. The Labute approximate surface area is 331 Å². The maximum Gasteiger partial charge on any atom is 0.472 e. The zero-order valence-corrected chi connectivity index (χ0v) is 35.7. The van der Waals surface area contributed by atoms with Gasteiger partial charge in [0.1, 0.15) is 12.1 Å². The third-order valence-corrected chi connectivity index (χ3v) is 10.7. The summed E-state index contributed by atoms with van der Waals surface area (Å²) in [5, 5.41) is 8.89. The highest BCUT2D eigenvalue weighted by molar-refractivity contribution is 7.47. The number of ether oxygens (including phenoxy) is 2. The molecule has 320 valence electrons. The molecule has 0 aromatic rings. The van der Waals surface area contributed by atoms with Crippen molar-refractivity contribution in [2.75, 3.05) is 26.4 Å². The normalized spacial score (nSPS) is 14.0. The van der Waals surface area contributed by atoms with Crippen LogP contribution in [0.1, 0.15) is 213 Å². The van der Waals surface area contributed by atoms with Gasteiger partial charge in [0.15, 0.2) is 0 Å². The van der Waals surface area contributed by atoms with E-state index in [0.29, 0.717) is 13.0 Å². The molecule has 3 atom stereocenters. The quantitative estimate of drug-likeness (QED) is 0.0235. The van der Waals surface area contributed by atoms with Crippen molar-refractivity contribution in [2.45, 2.75) is 225 Å². The van der Waals surface area contributed by atoms with E-state index in [4.69, 9.17) is 29.4 Å². The molecule has 0 rings (SSSR count). The van der Waals surface area contributed by atoms with Crippen molar-refractivity contribution in [2.24, 2.45) is 5.73 Å². The summed E-state index contributed by atoms with van der Waals surface area (Å²) in [4.78, 5) is 33.5. The highest BCUT2D eigenvalue weighted by Crippen LogP contribution is 2.43. The molecule has 0 spiro atoms. The van der Waals surface area contributed by atoms with Gasteiger partial charge >= 0.3 is 19.8 Å². The minimum atomic E-state index is -4.61. The Bertz CT molecular complexity index is 919. The summed E-state index contributed by atoms with van der Waals surface area (Å²) in [5.74, 6) is -1.77. The minimum Gasteiger partial charge on any atom is -0.480 e. The fraction of sp³-hybridized carbons (Fsp3) is 0.907. The molecule has 10 nitrogen and oxygen atoms in total. The average molecular weight is 790 g/mol. The zero-order valence-electron chi connectivity index (χ0n) is 34.8. The molecular formula is C43H84NO9P. The molecule has 0 aliphatic carbocycles. The lowest BCUT2D eigenvalue weighted by Crippen LogP contribution is -2.34. The Balaban J connectivity index is 4.20. The van der Waals surface area contributed by atoms with Crippen LogP contribution in [0.3, 0.4) is 0 Å². The number of carboxylic acids is 1. The van der Waals surface area contributed by atoms with Crippen molar-refractivity contribution < 1.29 is 42.7 Å². The molecule has 0 amide bonds. The predicted molar refractivity (Wildman–Crippen MR) is 222 cm³/mol. The summed E-state index contributed by atoms with van der Waals surface area (Å²) in [6.45, 7) is 3.91. The van der Waals surface area contributed by atoms with Crippen molar-refractivity contribution in [1.82, 2.24) is 0 Å². The van der Waals surface area contributed by atoms with Crippen LogP contribution >= 0.6 is 7.82 Å². The number of rotatable bonds is 43. The van der Waals surface area contributed by atoms with Gasteiger partial charge in [0, 0.05) is 13.0 Å². The van der Waals surface area contributed by atoms with Crippen molar-refractivity contribution in [1.29, 1.82) is 0 Å². The van der Waals surface area contributed by atoms with Crippen LogP contribution < -0.4 is 5.73 Å². The highest BCUT2D eigenvalue weighted by atomic mass is 31.2. The standard InChI is InChI=1S/C43H84NO9P/c1-3-5-7-9-11-13-15-17-19-20-21-22-23-25-27-29-31-33-35-42(45)53-40(38-51-54(48,49)52-39-41(44)43(46)47)37-50-36-34-32-30-28-26-24-18-16-14-12-10-8-6-4-2/h19-20,40-41H,3-18,21-39,44H2,1-2H3,(H,46,47)(H,48,49)/b20-19-. The molecule has 0 aromatic heterocycles. The van der Waals surface area contributed by atoms with Crippen LogP contribution in [0.4, 0.5) is 0 Å². The number of hydrogen-bond donors (Lipinski definition) is 3. The van der Waals surface area contributed by atoms with Gasteiger partial charge in [-0.15, -0.1) is 0 Å². The number of carbonyl (C=O) groups is 2. The van der Waals surface area contributed by atoms with Gasteiger partial charge in [0.05, 0.1) is 19.8 Å². The first-order valence-electron chi connectivity index (χ1n) is 22.2. The summed E-state index contributed by atoms with van der Waals surface area (Å²) in [6.07, 6.45) is 41.1. The number of hydrogen-bond acceptors (Lipinski definition) is 8. The zero-order chi connectivity index (χ0) is 39.8. The molecule has 0 bridgehead atoms. The molecule has 11 heteroatoms. The molecule has 0 aliphatic heterocycles. The Morgan fingerprint density at radius 3 is 1.41 bits per heavy atom. The van der Waals surface area contributed by atoms with Crippen molar-refractivity contribution in [3.05, 3.63) is 12.2 Å². The Hall–Kier alpha value is -1.29. The fourth-order valence-corrected chi connectivity index (χ4v) is 7.08. The number of phosphoric acid groups is 1. The van der Waals surface area contributed by atoms with Gasteiger partial charge in [-0.3, -0.25) is 18.6 Å². The number of allylic oxidation sites excluding steroid dienone is 2. The number of aliphatic carboxylic acids is 1. The summed E-state index contributed by atoms with van der Waals surface area (Å²) >= 11 is 0. The fourth-order valence-electron chi connectivity index (χ4n) is 6.31. The second kappa shape index (κ2) is 39.9. The number of nitrogens with two attached hydrogens (primary N) is 1. The second-order valence-corrected chi connectivity index (χ2v) is 16.6. The molecule has 0 radical (unpaired) electrons. The SMILES string of the molecule is CCCCCCCCC/C=C\CCCCCCCCCC(=O)OC(COCCCCCCCCCCCCCCCC)COP(=O)(O)OCC(N)C(=O)O. The minimum absolute atomic E-state index is 0.0210. The number of phosphoric ester groups is 1. The van der Waals surface area contributed by atoms with Gasteiger partial charge in [-0.2, -0.15) is 0 Å². The van der Waals surface area contributed by atoms with Crippen LogP contribution in [0.2, 0.25) is 0 Å². The third kappa shape index (κ3) is 39.0. The van der Waals surface area contributed by atoms with Gasteiger partial charge in [0.25, 0.3) is 0 Å². The van der Waals surface area contributed by atoms with E-state index in [1.54, 1.807) is 0 Å². The topological polar surface area (TPSA) is 155 Å². The summed E-state index contributed by atoms with van der Waals surface area (Å²) < 4.78 is 33.4. The summed E-state index contributed by atoms with van der Waals surface area (Å²) in [5.41, 5.74) is 5.35. The monoisotopic (exact) mass is 790 g/mol. The first-order chi connectivity index (χ1) is 26.2. The van der Waals surface area contributed by atoms with E-state index in [2.05, 4.69) is 26.0 Å². The number of unbranched alkanes of at least 4 members (excludes halogenated alkanes) is 27. The van der Waals surface area contributed by atoms with Crippen LogP contribution in [-0.4, -0.2) is 60.5 Å². The molecule has 4 N–H and O–H groups in total. The summed E-state index contributed by atoms with van der Waals surface area (Å²) in [7, 11) is -4.61. The van der Waals surface area contributed by atoms with Crippen LogP contribution in [0, 0.1) is 0 Å². The third-order valence-electron chi connectivity index (χ3n) is 9.79. The molecular weight excluding hydrogens is 705 g/mol. The number of esters is 1. The Morgan fingerprint density at radius 2 is 0.963 bits per heavy atom. The Kier molecular flexibility index (Phi) is 39.0. The van der Waals surface area contributed by atoms with E-state index >= 15 is 0 Å². The van der Waals surface area contributed by atoms with Gasteiger partial charge < -0.3 is 25.2 Å². The predicted octanol–water partition coefficient (Wildman–Crippen LogP) is 12.1. The van der Waals surface area contributed by atoms with E-state index in [1.165, 1.54) is 141 Å². The first-order valence-corrected chi connectivity index (χ1v) is 23.7. The highest BCUT2D eigenvalue weighted by Gasteiger charge is 2.27. The Morgan fingerprint density at radius 1 is 0.574 bits per heavy atom. The molecule has 0 aliphatic rings. The lowest BCUT2D eigenvalue weighted by molar-refractivity contribution is -0.154. The van der Waals surface area contributed by atoms with E-state index in [1.807, 2.05) is 0 Å². The van der Waals surface area contributed by atoms with E-state index < -0.39 is 45.1 Å². The van der Waals surface area contributed by atoms with E-state index in [9.17, 15) is 19.0 Å². The molecule has 0 saturated heterocycles. The lowest BCUT2D eigenvalue weighted by atomic mass is 10.0. The van der Waals surface area contributed by atoms with Gasteiger partial charge in [0.2, 0.25) is 0 Å². The van der Waals surface area contributed by atoms with Crippen molar-refractivity contribution >= 4 is 19.8 Å². The lowest BCUT2D eigenvalue weighted by Gasteiger charge is -2.20. The average Bonchev–Trinajstić information content (AvgIpc) is 3.15. The van der Waals surface area contributed by atoms with Gasteiger partial charge in [-0.1, -0.05) is 180 Å². The van der Waals surface area contributed by atoms with E-state index in [0.717, 1.165) is 44.9 Å². The maximum absolute atomic E-state index is 12.6. The molecule has 3 unspecified atom stereocenters. The van der Waals surface area contributed by atoms with Gasteiger partial charge in [-0.25, -0.2) is 4.57 Å².